The van der Waals surface area contributed by atoms with Gasteiger partial charge in [-0.2, -0.15) is 0 Å². The molecule has 2 aliphatic rings. The Morgan fingerprint density at radius 3 is 2.50 bits per heavy atom. The van der Waals surface area contributed by atoms with E-state index in [1.165, 1.54) is 51.2 Å². The fourth-order valence-electron chi connectivity index (χ4n) is 4.00. The topological polar surface area (TPSA) is 20.3 Å². The Morgan fingerprint density at radius 2 is 1.89 bits per heavy atom. The standard InChI is InChI=1S/C16H29NO/c1-14-7-6-8-15(11-14)17(2)12-16(13-18)9-4-3-5-10-16/h13-15H,3-12H2,1-2H3. The van der Waals surface area contributed by atoms with Crippen LogP contribution in [0, 0.1) is 11.3 Å². The van der Waals surface area contributed by atoms with Crippen molar-refractivity contribution in [3.8, 4) is 0 Å². The van der Waals surface area contributed by atoms with E-state index in [0.717, 1.165) is 25.3 Å². The number of hydrogen-bond donors (Lipinski definition) is 0. The molecule has 0 saturated heterocycles. The first-order valence-corrected chi connectivity index (χ1v) is 7.82. The second-order valence-electron chi connectivity index (χ2n) is 6.88. The Morgan fingerprint density at radius 1 is 1.17 bits per heavy atom. The highest BCUT2D eigenvalue weighted by atomic mass is 16.1. The van der Waals surface area contributed by atoms with E-state index in [1.54, 1.807) is 0 Å². The molecule has 0 N–H and O–H groups in total. The van der Waals surface area contributed by atoms with Gasteiger partial charge in [-0.25, -0.2) is 0 Å². The smallest absolute Gasteiger partial charge is 0.127 e. The van der Waals surface area contributed by atoms with Crippen molar-refractivity contribution in [2.45, 2.75) is 70.8 Å². The highest BCUT2D eigenvalue weighted by Gasteiger charge is 2.35. The third-order valence-corrected chi connectivity index (χ3v) is 5.20. The van der Waals surface area contributed by atoms with E-state index < -0.39 is 0 Å². The second-order valence-corrected chi connectivity index (χ2v) is 6.88. The molecule has 0 bridgehead atoms. The fourth-order valence-corrected chi connectivity index (χ4v) is 4.00. The van der Waals surface area contributed by atoms with Crippen LogP contribution in [-0.2, 0) is 4.79 Å². The molecule has 2 nitrogen and oxygen atoms in total. The molecular weight excluding hydrogens is 222 g/mol. The molecule has 2 rings (SSSR count). The van der Waals surface area contributed by atoms with E-state index in [0.29, 0.717) is 6.04 Å². The van der Waals surface area contributed by atoms with E-state index in [-0.39, 0.29) is 5.41 Å². The molecular formula is C16H29NO. The molecule has 2 unspecified atom stereocenters. The predicted octanol–water partition coefficient (Wildman–Crippen LogP) is 3.65. The van der Waals surface area contributed by atoms with Crippen molar-refractivity contribution < 1.29 is 4.79 Å². The van der Waals surface area contributed by atoms with Gasteiger partial charge in [0.15, 0.2) is 0 Å². The van der Waals surface area contributed by atoms with Gasteiger partial charge in [-0.3, -0.25) is 0 Å². The zero-order chi connectivity index (χ0) is 13.0. The number of carbonyl (C=O) groups is 1. The Balaban J connectivity index is 1.91. The average Bonchev–Trinajstić information content (AvgIpc) is 2.40. The summed E-state index contributed by atoms with van der Waals surface area (Å²) in [5.74, 6) is 0.865. The number of aldehydes is 1. The van der Waals surface area contributed by atoms with Crippen molar-refractivity contribution in [2.75, 3.05) is 13.6 Å². The van der Waals surface area contributed by atoms with Crippen LogP contribution < -0.4 is 0 Å². The third-order valence-electron chi connectivity index (χ3n) is 5.20. The zero-order valence-electron chi connectivity index (χ0n) is 12.2. The quantitative estimate of drug-likeness (QED) is 0.711. The monoisotopic (exact) mass is 251 g/mol. The zero-order valence-corrected chi connectivity index (χ0v) is 12.2. The van der Waals surface area contributed by atoms with Crippen molar-refractivity contribution >= 4 is 6.29 Å². The molecule has 2 atom stereocenters. The minimum Gasteiger partial charge on any atom is -0.303 e. The van der Waals surface area contributed by atoms with E-state index in [2.05, 4.69) is 18.9 Å². The number of carbonyl (C=O) groups excluding carboxylic acids is 1. The lowest BCUT2D eigenvalue weighted by Gasteiger charge is -2.41. The summed E-state index contributed by atoms with van der Waals surface area (Å²) in [4.78, 5) is 14.0. The maximum Gasteiger partial charge on any atom is 0.127 e. The molecule has 0 heterocycles. The molecule has 0 amide bonds. The summed E-state index contributed by atoms with van der Waals surface area (Å²) in [6.45, 7) is 3.37. The Hall–Kier alpha value is -0.370. The number of hydrogen-bond acceptors (Lipinski definition) is 2. The lowest BCUT2D eigenvalue weighted by molar-refractivity contribution is -0.119. The lowest BCUT2D eigenvalue weighted by Crippen LogP contribution is -2.44. The molecule has 104 valence electrons. The molecule has 2 heteroatoms. The second kappa shape index (κ2) is 6.18. The summed E-state index contributed by atoms with van der Waals surface area (Å²) in [6.07, 6.45) is 12.7. The first-order valence-electron chi connectivity index (χ1n) is 7.82. The molecule has 2 aliphatic carbocycles. The van der Waals surface area contributed by atoms with Crippen LogP contribution in [0.25, 0.3) is 0 Å². The third kappa shape index (κ3) is 3.34. The molecule has 0 aliphatic heterocycles. The summed E-state index contributed by atoms with van der Waals surface area (Å²) in [5.41, 5.74) is -0.0202. The van der Waals surface area contributed by atoms with E-state index in [4.69, 9.17) is 0 Å². The van der Waals surface area contributed by atoms with Crippen LogP contribution in [0.5, 0.6) is 0 Å². The van der Waals surface area contributed by atoms with Crippen LogP contribution in [0.2, 0.25) is 0 Å². The first kappa shape index (κ1) is 14.0. The molecule has 0 radical (unpaired) electrons. The van der Waals surface area contributed by atoms with E-state index >= 15 is 0 Å². The van der Waals surface area contributed by atoms with Crippen molar-refractivity contribution in [1.29, 1.82) is 0 Å². The van der Waals surface area contributed by atoms with Crippen LogP contribution in [-0.4, -0.2) is 30.8 Å². The maximum absolute atomic E-state index is 11.5. The summed E-state index contributed by atoms with van der Waals surface area (Å²) >= 11 is 0. The van der Waals surface area contributed by atoms with Crippen LogP contribution in [0.1, 0.15) is 64.7 Å². The molecule has 0 aromatic heterocycles. The average molecular weight is 251 g/mol. The van der Waals surface area contributed by atoms with Gasteiger partial charge in [-0.05, 0) is 38.6 Å². The summed E-state index contributed by atoms with van der Waals surface area (Å²) in [6, 6.07) is 0.715. The summed E-state index contributed by atoms with van der Waals surface area (Å²) in [5, 5.41) is 0. The Kier molecular flexibility index (Phi) is 4.83. The fraction of sp³-hybridized carbons (Fsp3) is 0.938. The predicted molar refractivity (Wildman–Crippen MR) is 75.6 cm³/mol. The maximum atomic E-state index is 11.5. The summed E-state index contributed by atoms with van der Waals surface area (Å²) < 4.78 is 0. The molecule has 2 saturated carbocycles. The Labute approximate surface area is 112 Å². The van der Waals surface area contributed by atoms with Gasteiger partial charge in [0.25, 0.3) is 0 Å². The molecule has 0 spiro atoms. The van der Waals surface area contributed by atoms with Crippen LogP contribution >= 0.6 is 0 Å². The SMILES string of the molecule is CC1CCCC(N(C)CC2(C=O)CCCCC2)C1. The molecule has 2 fully saturated rings. The highest BCUT2D eigenvalue weighted by Crippen LogP contribution is 2.36. The largest absolute Gasteiger partial charge is 0.303 e. The molecule has 18 heavy (non-hydrogen) atoms. The van der Waals surface area contributed by atoms with Gasteiger partial charge < -0.3 is 9.69 Å². The Bertz CT molecular complexity index is 270. The van der Waals surface area contributed by atoms with Gasteiger partial charge in [-0.15, -0.1) is 0 Å². The van der Waals surface area contributed by atoms with Crippen LogP contribution in [0.3, 0.4) is 0 Å². The van der Waals surface area contributed by atoms with Crippen molar-refractivity contribution in [3.63, 3.8) is 0 Å². The van der Waals surface area contributed by atoms with Gasteiger partial charge >= 0.3 is 0 Å². The number of nitrogens with zero attached hydrogens (tertiary/aromatic N) is 1. The molecule has 0 aromatic rings. The van der Waals surface area contributed by atoms with Gasteiger partial charge in [0, 0.05) is 18.0 Å². The van der Waals surface area contributed by atoms with Crippen molar-refractivity contribution in [1.82, 2.24) is 4.90 Å². The number of rotatable bonds is 4. The van der Waals surface area contributed by atoms with Gasteiger partial charge in [0.2, 0.25) is 0 Å². The van der Waals surface area contributed by atoms with E-state index in [1.807, 2.05) is 0 Å². The minimum absolute atomic E-state index is 0.0202. The molecule has 0 aromatic carbocycles. The van der Waals surface area contributed by atoms with Crippen molar-refractivity contribution in [3.05, 3.63) is 0 Å². The summed E-state index contributed by atoms with van der Waals surface area (Å²) in [7, 11) is 2.24. The van der Waals surface area contributed by atoms with Gasteiger partial charge in [-0.1, -0.05) is 39.0 Å². The van der Waals surface area contributed by atoms with Gasteiger partial charge in [0.1, 0.15) is 6.29 Å². The van der Waals surface area contributed by atoms with Gasteiger partial charge in [0.05, 0.1) is 0 Å². The first-order chi connectivity index (χ1) is 8.65. The van der Waals surface area contributed by atoms with E-state index in [9.17, 15) is 4.79 Å². The lowest BCUT2D eigenvalue weighted by atomic mass is 9.74. The van der Waals surface area contributed by atoms with Crippen molar-refractivity contribution in [2.24, 2.45) is 11.3 Å². The van der Waals surface area contributed by atoms with Crippen LogP contribution in [0.15, 0.2) is 0 Å². The van der Waals surface area contributed by atoms with Crippen LogP contribution in [0.4, 0.5) is 0 Å². The minimum atomic E-state index is -0.0202. The normalized spacial score (nSPS) is 32.4. The highest BCUT2D eigenvalue weighted by molar-refractivity contribution is 5.60.